The van der Waals surface area contributed by atoms with Crippen LogP contribution in [-0.2, 0) is 4.79 Å². The second kappa shape index (κ2) is 9.40. The van der Waals surface area contributed by atoms with E-state index in [9.17, 15) is 14.7 Å². The topological polar surface area (TPSA) is 76.1 Å². The molecule has 7 nitrogen and oxygen atoms in total. The van der Waals surface area contributed by atoms with Crippen molar-refractivity contribution < 1.29 is 14.7 Å². The van der Waals surface area contributed by atoms with Crippen molar-refractivity contribution in [2.45, 2.75) is 31.5 Å². The average Bonchev–Trinajstić information content (AvgIpc) is 2.98. The molecule has 2 aliphatic heterocycles. The summed E-state index contributed by atoms with van der Waals surface area (Å²) in [7, 11) is 0. The van der Waals surface area contributed by atoms with Crippen LogP contribution in [0.2, 0.25) is 0 Å². The molecule has 0 bridgehead atoms. The Hall–Kier alpha value is -2.74. The van der Waals surface area contributed by atoms with Gasteiger partial charge >= 0.3 is 6.03 Å². The van der Waals surface area contributed by atoms with Crippen molar-refractivity contribution in [2.24, 2.45) is 0 Å². The number of hydrogen-bond donors (Lipinski definition) is 2. The van der Waals surface area contributed by atoms with Crippen molar-refractivity contribution in [3.63, 3.8) is 0 Å². The molecule has 2 fully saturated rings. The molecule has 170 valence electrons. The Labute approximate surface area is 189 Å². The number of carbonyl (C=O) groups is 2. The first kappa shape index (κ1) is 22.5. The van der Waals surface area contributed by atoms with Crippen molar-refractivity contribution >= 4 is 11.9 Å². The van der Waals surface area contributed by atoms with Crippen molar-refractivity contribution in [2.75, 3.05) is 39.3 Å². The van der Waals surface area contributed by atoms with Gasteiger partial charge in [-0.1, -0.05) is 60.7 Å². The van der Waals surface area contributed by atoms with Crippen LogP contribution in [0.3, 0.4) is 0 Å². The third-order valence-corrected chi connectivity index (χ3v) is 6.31. The molecule has 0 spiro atoms. The van der Waals surface area contributed by atoms with Crippen LogP contribution >= 0.6 is 0 Å². The third-order valence-electron chi connectivity index (χ3n) is 6.31. The molecule has 7 heteroatoms. The monoisotopic (exact) mass is 436 g/mol. The Balaban J connectivity index is 1.36. The summed E-state index contributed by atoms with van der Waals surface area (Å²) >= 11 is 0. The molecule has 4 rings (SSSR count). The largest absolute Gasteiger partial charge is 0.390 e. The first-order chi connectivity index (χ1) is 15.3. The highest BCUT2D eigenvalue weighted by molar-refractivity contribution is 6.06. The van der Waals surface area contributed by atoms with Gasteiger partial charge in [-0.25, -0.2) is 4.79 Å². The lowest BCUT2D eigenvalue weighted by Crippen LogP contribution is -2.51. The summed E-state index contributed by atoms with van der Waals surface area (Å²) in [5.74, 6) is -0.292. The Morgan fingerprint density at radius 2 is 1.41 bits per heavy atom. The number of aliphatic hydroxyl groups excluding tert-OH is 1. The van der Waals surface area contributed by atoms with Gasteiger partial charge in [-0.3, -0.25) is 19.5 Å². The highest BCUT2D eigenvalue weighted by atomic mass is 16.3. The molecule has 3 amide bonds. The molecule has 2 heterocycles. The summed E-state index contributed by atoms with van der Waals surface area (Å²) in [6, 6.07) is 20.8. The van der Waals surface area contributed by atoms with Crippen molar-refractivity contribution in [1.29, 1.82) is 0 Å². The molecule has 0 aliphatic carbocycles. The molecule has 0 radical (unpaired) electrons. The van der Waals surface area contributed by atoms with Crippen LogP contribution in [0.25, 0.3) is 0 Å². The Morgan fingerprint density at radius 1 is 0.875 bits per heavy atom. The predicted octanol–water partition coefficient (Wildman–Crippen LogP) is 2.08. The van der Waals surface area contributed by atoms with Crippen LogP contribution in [0.1, 0.15) is 31.0 Å². The fraction of sp³-hybridized carbons (Fsp3) is 0.440. The number of benzene rings is 2. The van der Waals surface area contributed by atoms with Crippen LogP contribution in [0.5, 0.6) is 0 Å². The Bertz CT molecular complexity index is 887. The molecular weight excluding hydrogens is 404 g/mol. The standard InChI is InChI=1S/C25H32N4O3/c1-25(2)23(31)29(24(32)26-25)18-21(30)17-27-13-15-28(16-14-27)22(19-9-5-3-6-10-19)20-11-7-4-8-12-20/h3-12,21-22,30H,13-18H2,1-2H3,(H,26,32). The van der Waals surface area contributed by atoms with E-state index in [1.165, 1.54) is 11.1 Å². The minimum absolute atomic E-state index is 0.0188. The minimum Gasteiger partial charge on any atom is -0.390 e. The maximum absolute atomic E-state index is 12.4. The van der Waals surface area contributed by atoms with Crippen LogP contribution in [0.15, 0.2) is 60.7 Å². The van der Waals surface area contributed by atoms with Gasteiger partial charge in [-0.05, 0) is 25.0 Å². The summed E-state index contributed by atoms with van der Waals surface area (Å²) < 4.78 is 0. The molecule has 2 N–H and O–H groups in total. The molecule has 32 heavy (non-hydrogen) atoms. The molecule has 2 aliphatic rings. The number of aliphatic hydroxyl groups is 1. The van der Waals surface area contributed by atoms with Gasteiger partial charge in [0.2, 0.25) is 0 Å². The number of amides is 3. The number of piperazine rings is 1. The normalized spacial score (nSPS) is 20.6. The summed E-state index contributed by atoms with van der Waals surface area (Å²) in [4.78, 5) is 30.3. The van der Waals surface area contributed by atoms with Gasteiger partial charge < -0.3 is 10.4 Å². The number of hydrogen-bond acceptors (Lipinski definition) is 5. The fourth-order valence-corrected chi connectivity index (χ4v) is 4.64. The molecule has 2 saturated heterocycles. The van der Waals surface area contributed by atoms with E-state index in [1.54, 1.807) is 13.8 Å². The highest BCUT2D eigenvalue weighted by Gasteiger charge is 2.44. The summed E-state index contributed by atoms with van der Waals surface area (Å²) in [5.41, 5.74) is 1.63. The molecule has 0 aromatic heterocycles. The van der Waals surface area contributed by atoms with Crippen molar-refractivity contribution in [3.05, 3.63) is 71.8 Å². The van der Waals surface area contributed by atoms with Gasteiger partial charge in [-0.15, -0.1) is 0 Å². The van der Waals surface area contributed by atoms with Gasteiger partial charge in [0, 0.05) is 32.7 Å². The van der Waals surface area contributed by atoms with Gasteiger partial charge in [0.1, 0.15) is 5.54 Å². The first-order valence-electron chi connectivity index (χ1n) is 11.2. The highest BCUT2D eigenvalue weighted by Crippen LogP contribution is 2.29. The first-order valence-corrected chi connectivity index (χ1v) is 11.2. The Morgan fingerprint density at radius 3 is 1.88 bits per heavy atom. The zero-order valence-corrected chi connectivity index (χ0v) is 18.8. The number of carbonyl (C=O) groups excluding carboxylic acids is 2. The number of rotatable bonds is 7. The van der Waals surface area contributed by atoms with E-state index in [4.69, 9.17) is 0 Å². The van der Waals surface area contributed by atoms with Crippen LogP contribution in [0.4, 0.5) is 4.79 Å². The van der Waals surface area contributed by atoms with Crippen LogP contribution in [-0.4, -0.2) is 82.7 Å². The van der Waals surface area contributed by atoms with E-state index in [1.807, 2.05) is 12.1 Å². The van der Waals surface area contributed by atoms with E-state index in [2.05, 4.69) is 63.6 Å². The lowest BCUT2D eigenvalue weighted by atomic mass is 9.96. The van der Waals surface area contributed by atoms with E-state index >= 15 is 0 Å². The second-order valence-electron chi connectivity index (χ2n) is 9.19. The summed E-state index contributed by atoms with van der Waals surface area (Å²) in [5, 5.41) is 13.2. The third kappa shape index (κ3) is 4.85. The maximum Gasteiger partial charge on any atom is 0.325 e. The van der Waals surface area contributed by atoms with E-state index in [0.29, 0.717) is 6.54 Å². The summed E-state index contributed by atoms with van der Waals surface area (Å²) in [6.07, 6.45) is -0.774. The minimum atomic E-state index is -0.910. The molecule has 1 unspecified atom stereocenters. The van der Waals surface area contributed by atoms with Crippen molar-refractivity contribution in [3.8, 4) is 0 Å². The van der Waals surface area contributed by atoms with Gasteiger partial charge in [0.05, 0.1) is 18.7 Å². The van der Waals surface area contributed by atoms with Crippen LogP contribution < -0.4 is 5.32 Å². The Kier molecular flexibility index (Phi) is 6.60. The number of urea groups is 1. The molecule has 2 aromatic rings. The van der Waals surface area contributed by atoms with E-state index in [0.717, 1.165) is 31.1 Å². The molecule has 2 aromatic carbocycles. The van der Waals surface area contributed by atoms with E-state index in [-0.39, 0.29) is 18.5 Å². The quantitative estimate of drug-likeness (QED) is 0.650. The van der Waals surface area contributed by atoms with Crippen LogP contribution in [0, 0.1) is 0 Å². The number of nitrogens with one attached hydrogen (secondary N) is 1. The van der Waals surface area contributed by atoms with Gasteiger partial charge in [-0.2, -0.15) is 0 Å². The van der Waals surface area contributed by atoms with Gasteiger partial charge in [0.25, 0.3) is 5.91 Å². The zero-order chi connectivity index (χ0) is 22.7. The molecule has 0 saturated carbocycles. The van der Waals surface area contributed by atoms with Crippen molar-refractivity contribution in [1.82, 2.24) is 20.0 Å². The number of imide groups is 1. The number of nitrogens with zero attached hydrogens (tertiary/aromatic N) is 3. The molecule has 1 atom stereocenters. The predicted molar refractivity (Wildman–Crippen MR) is 123 cm³/mol. The number of β-amino-alcohol motifs (C(OH)–C–C–N with tert-alkyl or cyclic N) is 1. The smallest absolute Gasteiger partial charge is 0.325 e. The second-order valence-corrected chi connectivity index (χ2v) is 9.19. The molecular formula is C25H32N4O3. The fourth-order valence-electron chi connectivity index (χ4n) is 4.64. The SMILES string of the molecule is CC1(C)NC(=O)N(CC(O)CN2CCN(C(c3ccccc3)c3ccccc3)CC2)C1=O. The zero-order valence-electron chi connectivity index (χ0n) is 18.8. The average molecular weight is 437 g/mol. The maximum atomic E-state index is 12.4. The van der Waals surface area contributed by atoms with E-state index < -0.39 is 17.7 Å². The lowest BCUT2D eigenvalue weighted by molar-refractivity contribution is -0.131. The summed E-state index contributed by atoms with van der Waals surface area (Å²) in [6.45, 7) is 7.19. The van der Waals surface area contributed by atoms with Gasteiger partial charge in [0.15, 0.2) is 0 Å². The lowest BCUT2D eigenvalue weighted by Gasteiger charge is -2.40.